The van der Waals surface area contributed by atoms with E-state index in [2.05, 4.69) is 5.32 Å². The normalized spacial score (nSPS) is 16.2. The first-order valence-electron chi connectivity index (χ1n) is 4.51. The standard InChI is InChI=1S/C9H9F3N2O/c10-9(11,12)8(15)14-4-2-6-5-13-3-1-7(6)14/h2,4,13H,1,3,5H2. The minimum atomic E-state index is -4.81. The number of fused-ring (bicyclic) bond motifs is 1. The van der Waals surface area contributed by atoms with Gasteiger partial charge in [-0.15, -0.1) is 0 Å². The molecule has 1 aliphatic heterocycles. The Labute approximate surface area is 83.9 Å². The van der Waals surface area contributed by atoms with Crippen molar-refractivity contribution in [3.8, 4) is 0 Å². The Balaban J connectivity index is 2.37. The second-order valence-electron chi connectivity index (χ2n) is 3.39. The van der Waals surface area contributed by atoms with Crippen molar-refractivity contribution in [2.75, 3.05) is 6.54 Å². The maximum Gasteiger partial charge on any atom is 0.472 e. The summed E-state index contributed by atoms with van der Waals surface area (Å²) in [5.41, 5.74) is 1.23. The van der Waals surface area contributed by atoms with E-state index in [0.29, 0.717) is 29.8 Å². The number of alkyl halides is 3. The SMILES string of the molecule is O=C(n1ccc2c1CCNC2)C(F)(F)F. The smallest absolute Gasteiger partial charge is 0.312 e. The molecule has 0 aromatic carbocycles. The van der Waals surface area contributed by atoms with Crippen molar-refractivity contribution in [3.63, 3.8) is 0 Å². The van der Waals surface area contributed by atoms with E-state index in [0.717, 1.165) is 5.56 Å². The number of carbonyl (C=O) groups excluding carboxylic acids is 1. The zero-order chi connectivity index (χ0) is 11.1. The Morgan fingerprint density at radius 3 is 2.87 bits per heavy atom. The van der Waals surface area contributed by atoms with E-state index in [1.807, 2.05) is 0 Å². The first-order valence-corrected chi connectivity index (χ1v) is 4.51. The minimum Gasteiger partial charge on any atom is -0.312 e. The molecule has 6 heteroatoms. The van der Waals surface area contributed by atoms with Crippen molar-refractivity contribution in [2.24, 2.45) is 0 Å². The topological polar surface area (TPSA) is 34.0 Å². The molecule has 2 heterocycles. The fraction of sp³-hybridized carbons (Fsp3) is 0.444. The molecule has 1 aromatic heterocycles. The van der Waals surface area contributed by atoms with Gasteiger partial charge < -0.3 is 5.32 Å². The molecule has 82 valence electrons. The second-order valence-corrected chi connectivity index (χ2v) is 3.39. The van der Waals surface area contributed by atoms with Gasteiger partial charge in [0.25, 0.3) is 0 Å². The summed E-state index contributed by atoms with van der Waals surface area (Å²) >= 11 is 0. The van der Waals surface area contributed by atoms with Gasteiger partial charge in [0.2, 0.25) is 0 Å². The Bertz CT molecular complexity index is 395. The summed E-state index contributed by atoms with van der Waals surface area (Å²) in [6.07, 6.45) is -3.17. The van der Waals surface area contributed by atoms with Gasteiger partial charge in [-0.25, -0.2) is 0 Å². The van der Waals surface area contributed by atoms with Gasteiger partial charge >= 0.3 is 12.1 Å². The van der Waals surface area contributed by atoms with Crippen LogP contribution in [0.15, 0.2) is 12.3 Å². The van der Waals surface area contributed by atoms with Crippen LogP contribution >= 0.6 is 0 Å². The van der Waals surface area contributed by atoms with E-state index in [1.165, 1.54) is 6.20 Å². The Morgan fingerprint density at radius 1 is 1.47 bits per heavy atom. The van der Waals surface area contributed by atoms with Crippen LogP contribution in [0.5, 0.6) is 0 Å². The zero-order valence-corrected chi connectivity index (χ0v) is 7.77. The molecule has 0 atom stereocenters. The predicted molar refractivity (Wildman–Crippen MR) is 46.5 cm³/mol. The summed E-state index contributed by atoms with van der Waals surface area (Å²) in [6, 6.07) is 1.55. The van der Waals surface area contributed by atoms with E-state index in [-0.39, 0.29) is 0 Å². The summed E-state index contributed by atoms with van der Waals surface area (Å²) in [6.45, 7) is 1.12. The second kappa shape index (κ2) is 3.37. The van der Waals surface area contributed by atoms with Crippen LogP contribution in [0.25, 0.3) is 0 Å². The van der Waals surface area contributed by atoms with Crippen LogP contribution in [0.1, 0.15) is 16.1 Å². The Hall–Kier alpha value is -1.30. The van der Waals surface area contributed by atoms with Crippen LogP contribution in [0.3, 0.4) is 0 Å². The van der Waals surface area contributed by atoms with Crippen LogP contribution in [-0.4, -0.2) is 23.2 Å². The molecule has 15 heavy (non-hydrogen) atoms. The number of nitrogens with one attached hydrogen (secondary N) is 1. The average Bonchev–Trinajstić information content (AvgIpc) is 2.58. The Kier molecular flexibility index (Phi) is 2.30. The number of rotatable bonds is 0. The van der Waals surface area contributed by atoms with Crippen molar-refractivity contribution >= 4 is 5.91 Å². The zero-order valence-electron chi connectivity index (χ0n) is 7.77. The lowest BCUT2D eigenvalue weighted by Gasteiger charge is -2.16. The lowest BCUT2D eigenvalue weighted by Crippen LogP contribution is -2.32. The fourth-order valence-electron chi connectivity index (χ4n) is 1.70. The van der Waals surface area contributed by atoms with Crippen LogP contribution < -0.4 is 5.32 Å². The quantitative estimate of drug-likeness (QED) is 0.712. The summed E-state index contributed by atoms with van der Waals surface area (Å²) in [4.78, 5) is 11.0. The van der Waals surface area contributed by atoms with Crippen LogP contribution in [0, 0.1) is 0 Å². The summed E-state index contributed by atoms with van der Waals surface area (Å²) in [7, 11) is 0. The molecular formula is C9H9F3N2O. The van der Waals surface area contributed by atoms with Gasteiger partial charge in [0, 0.05) is 31.4 Å². The van der Waals surface area contributed by atoms with Gasteiger partial charge in [-0.2, -0.15) is 13.2 Å². The molecule has 2 rings (SSSR count). The first-order chi connectivity index (χ1) is 7.00. The summed E-state index contributed by atoms with van der Waals surface area (Å²) < 4.78 is 37.3. The van der Waals surface area contributed by atoms with Gasteiger partial charge in [-0.3, -0.25) is 9.36 Å². The van der Waals surface area contributed by atoms with E-state index >= 15 is 0 Å². The van der Waals surface area contributed by atoms with Gasteiger partial charge in [0.05, 0.1) is 0 Å². The number of aromatic nitrogens is 1. The third-order valence-electron chi connectivity index (χ3n) is 2.40. The molecule has 0 unspecified atom stereocenters. The third-order valence-corrected chi connectivity index (χ3v) is 2.40. The molecule has 1 aromatic rings. The van der Waals surface area contributed by atoms with E-state index in [9.17, 15) is 18.0 Å². The van der Waals surface area contributed by atoms with Crippen molar-refractivity contribution in [2.45, 2.75) is 19.1 Å². The maximum atomic E-state index is 12.2. The van der Waals surface area contributed by atoms with Crippen LogP contribution in [0.2, 0.25) is 0 Å². The summed E-state index contributed by atoms with van der Waals surface area (Å²) in [5, 5.41) is 3.03. The molecule has 3 nitrogen and oxygen atoms in total. The molecule has 0 bridgehead atoms. The Morgan fingerprint density at radius 2 is 2.20 bits per heavy atom. The monoisotopic (exact) mass is 218 g/mol. The number of nitrogens with zero attached hydrogens (tertiary/aromatic N) is 1. The molecule has 0 aliphatic carbocycles. The van der Waals surface area contributed by atoms with E-state index in [1.54, 1.807) is 6.07 Å². The summed E-state index contributed by atoms with van der Waals surface area (Å²) in [5.74, 6) is -1.81. The first kappa shape index (κ1) is 10.2. The molecule has 1 aliphatic rings. The highest BCUT2D eigenvalue weighted by molar-refractivity contribution is 5.85. The van der Waals surface area contributed by atoms with Gasteiger partial charge in [-0.05, 0) is 11.6 Å². The minimum absolute atomic E-state index is 0.449. The van der Waals surface area contributed by atoms with Crippen LogP contribution in [0.4, 0.5) is 13.2 Å². The van der Waals surface area contributed by atoms with Crippen molar-refractivity contribution < 1.29 is 18.0 Å². The van der Waals surface area contributed by atoms with Crippen molar-refractivity contribution in [1.29, 1.82) is 0 Å². The van der Waals surface area contributed by atoms with E-state index < -0.39 is 12.1 Å². The molecule has 0 fully saturated rings. The lowest BCUT2D eigenvalue weighted by atomic mass is 10.1. The predicted octanol–water partition coefficient (Wildman–Crippen LogP) is 1.34. The highest BCUT2D eigenvalue weighted by Crippen LogP contribution is 2.22. The van der Waals surface area contributed by atoms with Gasteiger partial charge in [-0.1, -0.05) is 0 Å². The molecule has 0 amide bonds. The highest BCUT2D eigenvalue weighted by Gasteiger charge is 2.41. The fourth-order valence-corrected chi connectivity index (χ4v) is 1.70. The van der Waals surface area contributed by atoms with E-state index in [4.69, 9.17) is 0 Å². The van der Waals surface area contributed by atoms with Crippen LogP contribution in [-0.2, 0) is 13.0 Å². The number of carbonyl (C=O) groups is 1. The molecule has 1 N–H and O–H groups in total. The highest BCUT2D eigenvalue weighted by atomic mass is 19.4. The molecular weight excluding hydrogens is 209 g/mol. The van der Waals surface area contributed by atoms with Crippen molar-refractivity contribution in [1.82, 2.24) is 9.88 Å². The van der Waals surface area contributed by atoms with Gasteiger partial charge in [0.15, 0.2) is 0 Å². The molecule has 0 saturated carbocycles. The molecule has 0 saturated heterocycles. The maximum absolute atomic E-state index is 12.2. The lowest BCUT2D eigenvalue weighted by molar-refractivity contribution is -0.0948. The third kappa shape index (κ3) is 1.77. The number of halogens is 3. The average molecular weight is 218 g/mol. The molecule has 0 radical (unpaired) electrons. The largest absolute Gasteiger partial charge is 0.472 e. The van der Waals surface area contributed by atoms with Crippen molar-refractivity contribution in [3.05, 3.63) is 23.5 Å². The van der Waals surface area contributed by atoms with Gasteiger partial charge in [0.1, 0.15) is 0 Å². The number of hydrogen-bond donors (Lipinski definition) is 1. The molecule has 0 spiro atoms. The number of hydrogen-bond acceptors (Lipinski definition) is 2.